The van der Waals surface area contributed by atoms with Crippen LogP contribution < -0.4 is 0 Å². The Morgan fingerprint density at radius 1 is 0.812 bits per heavy atom. The lowest BCUT2D eigenvalue weighted by Gasteiger charge is -2.03. The zero-order chi connectivity index (χ0) is 13.6. The number of hydrogen-bond acceptors (Lipinski definition) is 6. The largest absolute Gasteiger partial charge is 0.745 e. The van der Waals surface area contributed by atoms with E-state index < -0.39 is 32.2 Å². The molecule has 0 aromatic carbocycles. The molecule has 0 aliphatic carbocycles. The van der Waals surface area contributed by atoms with E-state index in [1.54, 1.807) is 0 Å². The molecular formula is H6O12P4+2. The van der Waals surface area contributed by atoms with E-state index in [-0.39, 0.29) is 0 Å². The lowest BCUT2D eigenvalue weighted by molar-refractivity contribution is 0.225. The molecule has 2 unspecified atom stereocenters. The molecule has 0 saturated heterocycles. The van der Waals surface area contributed by atoms with Crippen LogP contribution in [0.25, 0.3) is 0 Å². The maximum Gasteiger partial charge on any atom is 0.745 e. The average molecular weight is 322 g/mol. The van der Waals surface area contributed by atoms with Crippen LogP contribution in [0.15, 0.2) is 0 Å². The molecule has 0 heterocycles. The van der Waals surface area contributed by atoms with Crippen LogP contribution in [-0.2, 0) is 26.9 Å². The summed E-state index contributed by atoms with van der Waals surface area (Å²) in [4.78, 5) is 46.3. The number of hydrogen-bond donors (Lipinski definition) is 6. The van der Waals surface area contributed by atoms with E-state index in [4.69, 9.17) is 29.4 Å². The monoisotopic (exact) mass is 322 g/mol. The Morgan fingerprint density at radius 3 is 1.06 bits per heavy atom. The predicted octanol–water partition coefficient (Wildman–Crippen LogP) is -0.509. The Morgan fingerprint density at radius 2 is 1.06 bits per heavy atom. The molecule has 6 N–H and O–H groups in total. The van der Waals surface area contributed by atoms with E-state index in [1.807, 2.05) is 0 Å². The molecule has 0 saturated carbocycles. The third-order valence-electron chi connectivity index (χ3n) is 0.352. The Labute approximate surface area is 89.2 Å². The summed E-state index contributed by atoms with van der Waals surface area (Å²) in [6, 6.07) is 0. The molecule has 2 atom stereocenters. The van der Waals surface area contributed by atoms with Crippen LogP contribution in [-0.4, -0.2) is 29.4 Å². The van der Waals surface area contributed by atoms with Gasteiger partial charge < -0.3 is 19.6 Å². The molecule has 0 amide bonds. The van der Waals surface area contributed by atoms with Crippen molar-refractivity contribution in [1.82, 2.24) is 0 Å². The first-order chi connectivity index (χ1) is 6.83. The molecule has 96 valence electrons. The van der Waals surface area contributed by atoms with Gasteiger partial charge in [0.05, 0.1) is 0 Å². The molecule has 0 fully saturated rings. The summed E-state index contributed by atoms with van der Waals surface area (Å²) in [7, 11) is -15.9. The first-order valence-electron chi connectivity index (χ1n) is 2.66. The van der Waals surface area contributed by atoms with Gasteiger partial charge >= 0.3 is 32.2 Å². The highest BCUT2D eigenvalue weighted by atomic mass is 31.3. The van der Waals surface area contributed by atoms with Gasteiger partial charge in [-0.2, -0.15) is 4.31 Å². The van der Waals surface area contributed by atoms with Crippen molar-refractivity contribution in [2.75, 3.05) is 0 Å². The Bertz CT molecular complexity index is 295. The molecule has 0 aromatic rings. The summed E-state index contributed by atoms with van der Waals surface area (Å²) in [6.07, 6.45) is 0. The first kappa shape index (κ1) is 18.7. The summed E-state index contributed by atoms with van der Waals surface area (Å²) in [5, 5.41) is 0. The third kappa shape index (κ3) is 23.9. The van der Waals surface area contributed by atoms with Gasteiger partial charge in [-0.05, 0) is 0 Å². The predicted molar refractivity (Wildman–Crippen MR) is 45.9 cm³/mol. The van der Waals surface area contributed by atoms with Gasteiger partial charge in [0.25, 0.3) is 0 Å². The second-order valence-electron chi connectivity index (χ2n) is 1.62. The van der Waals surface area contributed by atoms with E-state index in [9.17, 15) is 18.3 Å². The smallest absolute Gasteiger partial charge is 0.302 e. The molecule has 0 spiro atoms. The van der Waals surface area contributed by atoms with Gasteiger partial charge in [-0.15, -0.1) is 9.79 Å². The first-order valence-corrected chi connectivity index (χ1v) is 7.98. The van der Waals surface area contributed by atoms with Crippen LogP contribution in [0.3, 0.4) is 0 Å². The van der Waals surface area contributed by atoms with Crippen molar-refractivity contribution in [2.45, 2.75) is 0 Å². The van der Waals surface area contributed by atoms with Gasteiger partial charge in [0, 0.05) is 9.13 Å². The number of phosphoric acid groups is 2. The second kappa shape index (κ2) is 7.62. The van der Waals surface area contributed by atoms with Crippen molar-refractivity contribution in [3.63, 3.8) is 0 Å². The van der Waals surface area contributed by atoms with Crippen LogP contribution in [0.5, 0.6) is 0 Å². The standard InChI is InChI=1S/H4O7P2.O5P2/c1-8(2,3)7-9(4,5)6;1-6(2)5-7(3)4/h(H2,1,2,3)(H2,4,5,6);/p+2. The molecule has 0 rings (SSSR count). The maximum absolute atomic E-state index is 9.63. The highest BCUT2D eigenvalue weighted by Gasteiger charge is 2.31. The zero-order valence-corrected chi connectivity index (χ0v) is 10.5. The van der Waals surface area contributed by atoms with Crippen molar-refractivity contribution < 1.29 is 56.2 Å². The quantitative estimate of drug-likeness (QED) is 0.361. The van der Waals surface area contributed by atoms with Crippen LogP contribution in [0.4, 0.5) is 0 Å². The lowest BCUT2D eigenvalue weighted by Crippen LogP contribution is -1.84. The molecular weight excluding hydrogens is 316 g/mol. The molecule has 16 heteroatoms. The summed E-state index contributed by atoms with van der Waals surface area (Å²) in [5.74, 6) is 0. The second-order valence-corrected chi connectivity index (χ2v) is 5.84. The van der Waals surface area contributed by atoms with E-state index in [0.29, 0.717) is 0 Å². The van der Waals surface area contributed by atoms with Crippen molar-refractivity contribution in [2.24, 2.45) is 0 Å². The summed E-state index contributed by atoms with van der Waals surface area (Å²) < 4.78 is 44.4. The van der Waals surface area contributed by atoms with Crippen LogP contribution >= 0.6 is 32.2 Å². The van der Waals surface area contributed by atoms with Gasteiger partial charge in [0.2, 0.25) is 0 Å². The molecule has 0 aliphatic rings. The fourth-order valence-electron chi connectivity index (χ4n) is 0.198. The maximum atomic E-state index is 9.63. The third-order valence-corrected chi connectivity index (χ3v) is 3.17. The summed E-state index contributed by atoms with van der Waals surface area (Å²) in [6.45, 7) is 0. The van der Waals surface area contributed by atoms with Gasteiger partial charge in [-0.1, -0.05) is 0 Å². The van der Waals surface area contributed by atoms with Crippen molar-refractivity contribution in [3.8, 4) is 0 Å². The highest BCUT2D eigenvalue weighted by Crippen LogP contribution is 2.53. The van der Waals surface area contributed by atoms with Gasteiger partial charge in [-0.25, -0.2) is 9.13 Å². The zero-order valence-electron chi connectivity index (χ0n) is 6.92. The molecule has 12 nitrogen and oxygen atoms in total. The van der Waals surface area contributed by atoms with E-state index in [0.717, 1.165) is 0 Å². The van der Waals surface area contributed by atoms with E-state index >= 15 is 0 Å². The molecule has 0 bridgehead atoms. The molecule has 16 heavy (non-hydrogen) atoms. The SMILES string of the molecule is O=P(O)(O)OP(=O)(O)O.O=[P+](O)O[P+](=O)O. The lowest BCUT2D eigenvalue weighted by atomic mass is 15.7. The molecule has 0 radical (unpaired) electrons. The number of rotatable bonds is 4. The Kier molecular flexibility index (Phi) is 8.91. The van der Waals surface area contributed by atoms with Gasteiger partial charge in [-0.3, -0.25) is 0 Å². The normalized spacial score (nSPS) is 13.6. The van der Waals surface area contributed by atoms with E-state index in [1.165, 1.54) is 0 Å². The van der Waals surface area contributed by atoms with E-state index in [2.05, 4.69) is 8.62 Å². The van der Waals surface area contributed by atoms with Crippen molar-refractivity contribution >= 4 is 32.2 Å². The highest BCUT2D eigenvalue weighted by molar-refractivity contribution is 7.60. The summed E-state index contributed by atoms with van der Waals surface area (Å²) >= 11 is 0. The van der Waals surface area contributed by atoms with Gasteiger partial charge in [0.1, 0.15) is 0 Å². The fraction of sp³-hybridized carbons (Fsp3) is 0. The minimum atomic E-state index is -5.05. The van der Waals surface area contributed by atoms with Crippen LogP contribution in [0.2, 0.25) is 0 Å². The minimum absolute atomic E-state index is 2.92. The van der Waals surface area contributed by atoms with Crippen LogP contribution in [0, 0.1) is 0 Å². The average Bonchev–Trinajstić information content (AvgIpc) is 1.72. The summed E-state index contributed by atoms with van der Waals surface area (Å²) in [5.41, 5.74) is 0. The van der Waals surface area contributed by atoms with Crippen molar-refractivity contribution in [3.05, 3.63) is 0 Å². The Balaban J connectivity index is 0. The molecule has 0 aromatic heterocycles. The topological polar surface area (TPSA) is 208 Å². The van der Waals surface area contributed by atoms with Crippen LogP contribution in [0.1, 0.15) is 0 Å². The Hall–Kier alpha value is 0.340. The van der Waals surface area contributed by atoms with Gasteiger partial charge in [0.15, 0.2) is 4.31 Å². The van der Waals surface area contributed by atoms with Crippen molar-refractivity contribution in [1.29, 1.82) is 0 Å². The minimum Gasteiger partial charge on any atom is -0.302 e. The molecule has 0 aliphatic heterocycles. The fourth-order valence-corrected chi connectivity index (χ4v) is 1.78.